The first-order valence-corrected chi connectivity index (χ1v) is 6.07. The molecule has 1 aliphatic rings. The zero-order chi connectivity index (χ0) is 10.6. The van der Waals surface area contributed by atoms with Crippen LogP contribution in [0.1, 0.15) is 52.9 Å². The fourth-order valence-corrected chi connectivity index (χ4v) is 3.33. The highest BCUT2D eigenvalue weighted by molar-refractivity contribution is 4.88. The molecule has 1 nitrogen and oxygen atoms in total. The van der Waals surface area contributed by atoms with Gasteiger partial charge in [-0.3, -0.25) is 0 Å². The molecule has 0 aromatic rings. The molecule has 1 aliphatic carbocycles. The van der Waals surface area contributed by atoms with Crippen molar-refractivity contribution in [3.05, 3.63) is 0 Å². The van der Waals surface area contributed by atoms with Crippen molar-refractivity contribution >= 4 is 0 Å². The Bertz CT molecular complexity index is 202. The van der Waals surface area contributed by atoms with Crippen molar-refractivity contribution in [2.24, 2.45) is 23.7 Å². The van der Waals surface area contributed by atoms with Crippen LogP contribution in [0.15, 0.2) is 0 Å². The van der Waals surface area contributed by atoms with E-state index < -0.39 is 0 Å². The van der Waals surface area contributed by atoms with Crippen molar-refractivity contribution in [2.75, 3.05) is 0 Å². The Labute approximate surface area is 88.5 Å². The van der Waals surface area contributed by atoms with Gasteiger partial charge in [0, 0.05) is 6.42 Å². The van der Waals surface area contributed by atoms with Gasteiger partial charge in [0.15, 0.2) is 0 Å². The van der Waals surface area contributed by atoms with Crippen LogP contribution < -0.4 is 0 Å². The quantitative estimate of drug-likeness (QED) is 0.664. The molecular formula is C13H23N. The van der Waals surface area contributed by atoms with E-state index >= 15 is 0 Å². The largest absolute Gasteiger partial charge is 0.198 e. The maximum Gasteiger partial charge on any atom is 0.0624 e. The lowest BCUT2D eigenvalue weighted by Gasteiger charge is -2.39. The molecule has 0 N–H and O–H groups in total. The Morgan fingerprint density at radius 1 is 1.29 bits per heavy atom. The van der Waals surface area contributed by atoms with Gasteiger partial charge in [0.2, 0.25) is 0 Å². The van der Waals surface area contributed by atoms with E-state index in [1.807, 2.05) is 0 Å². The Balaban J connectivity index is 2.68. The zero-order valence-corrected chi connectivity index (χ0v) is 9.79. The molecule has 0 aromatic heterocycles. The van der Waals surface area contributed by atoms with Gasteiger partial charge < -0.3 is 0 Å². The first kappa shape index (κ1) is 11.6. The number of nitriles is 1. The van der Waals surface area contributed by atoms with Crippen LogP contribution in [0.5, 0.6) is 0 Å². The van der Waals surface area contributed by atoms with Crippen molar-refractivity contribution < 1.29 is 0 Å². The lowest BCUT2D eigenvalue weighted by atomic mass is 9.65. The van der Waals surface area contributed by atoms with Gasteiger partial charge in [-0.1, -0.05) is 40.0 Å². The van der Waals surface area contributed by atoms with E-state index in [1.165, 1.54) is 25.7 Å². The molecule has 1 rings (SSSR count). The smallest absolute Gasteiger partial charge is 0.0624 e. The summed E-state index contributed by atoms with van der Waals surface area (Å²) in [7, 11) is 0. The van der Waals surface area contributed by atoms with Crippen molar-refractivity contribution in [1.82, 2.24) is 0 Å². The maximum atomic E-state index is 8.83. The fraction of sp³-hybridized carbons (Fsp3) is 0.923. The highest BCUT2D eigenvalue weighted by Crippen LogP contribution is 2.42. The molecule has 0 bridgehead atoms. The Hall–Kier alpha value is -0.510. The molecule has 3 unspecified atom stereocenters. The highest BCUT2D eigenvalue weighted by atomic mass is 14.4. The van der Waals surface area contributed by atoms with Gasteiger partial charge in [-0.15, -0.1) is 0 Å². The molecule has 14 heavy (non-hydrogen) atoms. The van der Waals surface area contributed by atoms with Gasteiger partial charge >= 0.3 is 0 Å². The molecular weight excluding hydrogens is 170 g/mol. The van der Waals surface area contributed by atoms with Crippen molar-refractivity contribution in [1.29, 1.82) is 5.26 Å². The van der Waals surface area contributed by atoms with Crippen LogP contribution in [0.25, 0.3) is 0 Å². The summed E-state index contributed by atoms with van der Waals surface area (Å²) in [4.78, 5) is 0. The molecule has 1 heteroatoms. The molecule has 0 spiro atoms. The van der Waals surface area contributed by atoms with Crippen LogP contribution in [0, 0.1) is 35.0 Å². The van der Waals surface area contributed by atoms with Crippen LogP contribution in [0.3, 0.4) is 0 Å². The number of nitrogens with zero attached hydrogens (tertiary/aromatic N) is 1. The van der Waals surface area contributed by atoms with E-state index in [9.17, 15) is 0 Å². The third-order valence-corrected chi connectivity index (χ3v) is 3.89. The summed E-state index contributed by atoms with van der Waals surface area (Å²) in [5, 5.41) is 8.83. The predicted octanol–water partition coefficient (Wildman–Crippen LogP) is 4.00. The van der Waals surface area contributed by atoms with Crippen LogP contribution in [-0.2, 0) is 0 Å². The highest BCUT2D eigenvalue weighted by Gasteiger charge is 2.33. The summed E-state index contributed by atoms with van der Waals surface area (Å²) in [6.45, 7) is 6.95. The van der Waals surface area contributed by atoms with Gasteiger partial charge in [0.05, 0.1) is 6.07 Å². The minimum atomic E-state index is 0.679. The molecule has 80 valence electrons. The van der Waals surface area contributed by atoms with E-state index in [-0.39, 0.29) is 0 Å². The summed E-state index contributed by atoms with van der Waals surface area (Å²) < 4.78 is 0. The van der Waals surface area contributed by atoms with Gasteiger partial charge in [-0.25, -0.2) is 0 Å². The normalized spacial score (nSPS) is 32.9. The first-order chi connectivity index (χ1) is 6.70. The predicted molar refractivity (Wildman–Crippen MR) is 59.7 cm³/mol. The first-order valence-electron chi connectivity index (χ1n) is 6.07. The topological polar surface area (TPSA) is 23.8 Å². The van der Waals surface area contributed by atoms with E-state index in [2.05, 4.69) is 26.8 Å². The molecule has 0 radical (unpaired) electrons. The second-order valence-electron chi connectivity index (χ2n) is 5.04. The summed E-state index contributed by atoms with van der Waals surface area (Å²) in [6.07, 6.45) is 6.09. The Kier molecular flexibility index (Phi) is 4.45. The van der Waals surface area contributed by atoms with E-state index in [1.54, 1.807) is 0 Å². The molecule has 0 saturated heterocycles. The second kappa shape index (κ2) is 5.39. The monoisotopic (exact) mass is 193 g/mol. The van der Waals surface area contributed by atoms with Gasteiger partial charge in [0.1, 0.15) is 0 Å². The van der Waals surface area contributed by atoms with E-state index in [0.717, 1.165) is 24.2 Å². The van der Waals surface area contributed by atoms with Gasteiger partial charge in [0.25, 0.3) is 0 Å². The van der Waals surface area contributed by atoms with E-state index in [4.69, 9.17) is 5.26 Å². The Morgan fingerprint density at radius 2 is 1.93 bits per heavy atom. The average Bonchev–Trinajstić information content (AvgIpc) is 2.17. The SMILES string of the molecule is CCC1CCCC(CC#N)C1C(C)C. The maximum absolute atomic E-state index is 8.83. The van der Waals surface area contributed by atoms with Crippen LogP contribution in [0.2, 0.25) is 0 Å². The number of rotatable bonds is 3. The molecule has 0 aliphatic heterocycles. The summed E-state index contributed by atoms with van der Waals surface area (Å²) in [5.74, 6) is 3.10. The third kappa shape index (κ3) is 2.50. The Morgan fingerprint density at radius 3 is 2.43 bits per heavy atom. The second-order valence-corrected chi connectivity index (χ2v) is 5.04. The van der Waals surface area contributed by atoms with Gasteiger partial charge in [-0.05, 0) is 30.1 Å². The molecule has 1 saturated carbocycles. The van der Waals surface area contributed by atoms with Crippen molar-refractivity contribution in [3.8, 4) is 6.07 Å². The standard InChI is InChI=1S/C13H23N/c1-4-11-6-5-7-12(8-9-14)13(11)10(2)3/h10-13H,4-8H2,1-3H3. The zero-order valence-electron chi connectivity index (χ0n) is 9.79. The van der Waals surface area contributed by atoms with Gasteiger partial charge in [-0.2, -0.15) is 5.26 Å². The average molecular weight is 193 g/mol. The van der Waals surface area contributed by atoms with Crippen molar-refractivity contribution in [2.45, 2.75) is 52.9 Å². The summed E-state index contributed by atoms with van der Waals surface area (Å²) in [6, 6.07) is 2.37. The van der Waals surface area contributed by atoms with Crippen LogP contribution >= 0.6 is 0 Å². The lowest BCUT2D eigenvalue weighted by Crippen LogP contribution is -2.31. The van der Waals surface area contributed by atoms with Crippen LogP contribution in [-0.4, -0.2) is 0 Å². The minimum absolute atomic E-state index is 0.679. The summed E-state index contributed by atoms with van der Waals surface area (Å²) in [5.41, 5.74) is 0. The molecule has 0 heterocycles. The lowest BCUT2D eigenvalue weighted by molar-refractivity contribution is 0.104. The molecule has 3 atom stereocenters. The molecule has 1 fully saturated rings. The van der Waals surface area contributed by atoms with Crippen molar-refractivity contribution in [3.63, 3.8) is 0 Å². The fourth-order valence-electron chi connectivity index (χ4n) is 3.33. The van der Waals surface area contributed by atoms with E-state index in [0.29, 0.717) is 5.92 Å². The summed E-state index contributed by atoms with van der Waals surface area (Å²) >= 11 is 0. The minimum Gasteiger partial charge on any atom is -0.198 e. The van der Waals surface area contributed by atoms with Crippen LogP contribution in [0.4, 0.5) is 0 Å². The third-order valence-electron chi connectivity index (χ3n) is 3.89. The molecule has 0 aromatic carbocycles. The number of hydrogen-bond donors (Lipinski definition) is 0. The number of hydrogen-bond acceptors (Lipinski definition) is 1. The molecule has 0 amide bonds.